The summed E-state index contributed by atoms with van der Waals surface area (Å²) in [5, 5.41) is 3.65. The first-order valence-corrected chi connectivity index (χ1v) is 5.80. The van der Waals surface area contributed by atoms with Gasteiger partial charge in [-0.25, -0.2) is 0 Å². The Labute approximate surface area is 90.4 Å². The molecule has 2 aliphatic rings. The molecule has 2 nitrogen and oxygen atoms in total. The van der Waals surface area contributed by atoms with E-state index in [9.17, 15) is 0 Å². The zero-order valence-electron chi connectivity index (χ0n) is 9.02. The highest BCUT2D eigenvalue weighted by Gasteiger charge is 2.41. The molecule has 2 aliphatic carbocycles. The van der Waals surface area contributed by atoms with Crippen LogP contribution in [0.4, 0.5) is 0 Å². The van der Waals surface area contributed by atoms with Gasteiger partial charge in [-0.05, 0) is 43.7 Å². The Morgan fingerprint density at radius 2 is 2.47 bits per heavy atom. The van der Waals surface area contributed by atoms with Crippen LogP contribution in [0.3, 0.4) is 0 Å². The molecule has 1 aromatic heterocycles. The number of nitrogens with one attached hydrogen (secondary N) is 1. The molecule has 15 heavy (non-hydrogen) atoms. The molecule has 4 atom stereocenters. The molecule has 1 N–H and O–H groups in total. The minimum atomic E-state index is 0.333. The van der Waals surface area contributed by atoms with E-state index >= 15 is 0 Å². The number of hydrogen-bond donors (Lipinski definition) is 1. The monoisotopic (exact) mass is 203 g/mol. The van der Waals surface area contributed by atoms with E-state index in [1.54, 1.807) is 6.26 Å². The highest BCUT2D eigenvalue weighted by molar-refractivity contribution is 5.14. The van der Waals surface area contributed by atoms with Gasteiger partial charge in [0.25, 0.3) is 0 Å². The Morgan fingerprint density at radius 1 is 1.53 bits per heavy atom. The van der Waals surface area contributed by atoms with Crippen molar-refractivity contribution >= 4 is 0 Å². The van der Waals surface area contributed by atoms with Crippen molar-refractivity contribution in [3.8, 4) is 0 Å². The van der Waals surface area contributed by atoms with Gasteiger partial charge in [-0.1, -0.05) is 12.2 Å². The first kappa shape index (κ1) is 9.22. The average Bonchev–Trinajstić information content (AvgIpc) is 2.82. The van der Waals surface area contributed by atoms with Crippen molar-refractivity contribution in [3.05, 3.63) is 36.3 Å². The van der Waals surface area contributed by atoms with Gasteiger partial charge in [-0.15, -0.1) is 0 Å². The lowest BCUT2D eigenvalue weighted by molar-refractivity contribution is 0.148. The highest BCUT2D eigenvalue weighted by Crippen LogP contribution is 2.43. The van der Waals surface area contributed by atoms with E-state index in [-0.39, 0.29) is 0 Å². The predicted molar refractivity (Wildman–Crippen MR) is 59.4 cm³/mol. The summed E-state index contributed by atoms with van der Waals surface area (Å²) in [6.07, 6.45) is 9.06. The van der Waals surface area contributed by atoms with Crippen molar-refractivity contribution in [2.75, 3.05) is 0 Å². The Kier molecular flexibility index (Phi) is 2.17. The number of furan rings is 1. The van der Waals surface area contributed by atoms with Crippen molar-refractivity contribution in [3.63, 3.8) is 0 Å². The molecule has 3 rings (SSSR count). The van der Waals surface area contributed by atoms with Crippen molar-refractivity contribution < 1.29 is 4.42 Å². The molecule has 0 bridgehead atoms. The van der Waals surface area contributed by atoms with Gasteiger partial charge in [-0.2, -0.15) is 0 Å². The second-order valence-electron chi connectivity index (χ2n) is 4.75. The van der Waals surface area contributed by atoms with Gasteiger partial charge < -0.3 is 9.73 Å². The summed E-state index contributed by atoms with van der Waals surface area (Å²) in [6, 6.07) is 4.99. The molecule has 0 radical (unpaired) electrons. The predicted octanol–water partition coefficient (Wildman–Crippen LogP) is 2.89. The van der Waals surface area contributed by atoms with Gasteiger partial charge in [0.15, 0.2) is 0 Å². The third-order valence-corrected chi connectivity index (χ3v) is 3.80. The Balaban J connectivity index is 1.60. The third-order valence-electron chi connectivity index (χ3n) is 3.80. The molecule has 2 heteroatoms. The van der Waals surface area contributed by atoms with Crippen molar-refractivity contribution in [2.24, 2.45) is 11.8 Å². The molecule has 0 spiro atoms. The average molecular weight is 203 g/mol. The SMILES string of the molecule is CC(NC1CC2CC=CC21)c1ccco1. The van der Waals surface area contributed by atoms with Crippen molar-refractivity contribution in [2.45, 2.75) is 31.8 Å². The fraction of sp³-hybridized carbons (Fsp3) is 0.538. The molecular weight excluding hydrogens is 186 g/mol. The molecule has 0 aromatic carbocycles. The van der Waals surface area contributed by atoms with E-state index in [1.807, 2.05) is 12.1 Å². The van der Waals surface area contributed by atoms with Crippen LogP contribution in [-0.2, 0) is 0 Å². The number of fused-ring (bicyclic) bond motifs is 1. The lowest BCUT2D eigenvalue weighted by Crippen LogP contribution is -2.48. The first-order valence-electron chi connectivity index (χ1n) is 5.80. The molecule has 1 fully saturated rings. The largest absolute Gasteiger partial charge is 0.468 e. The van der Waals surface area contributed by atoms with Gasteiger partial charge in [0.1, 0.15) is 5.76 Å². The van der Waals surface area contributed by atoms with Crippen LogP contribution in [0, 0.1) is 11.8 Å². The summed E-state index contributed by atoms with van der Waals surface area (Å²) in [5.41, 5.74) is 0. The Hall–Kier alpha value is -1.02. The van der Waals surface area contributed by atoms with E-state index in [0.29, 0.717) is 12.1 Å². The van der Waals surface area contributed by atoms with Crippen LogP contribution in [0.2, 0.25) is 0 Å². The molecule has 80 valence electrons. The lowest BCUT2D eigenvalue weighted by Gasteiger charge is -2.42. The number of allylic oxidation sites excluding steroid dienone is 1. The first-order chi connectivity index (χ1) is 7.34. The van der Waals surface area contributed by atoms with Crippen molar-refractivity contribution in [1.82, 2.24) is 5.32 Å². The summed E-state index contributed by atoms with van der Waals surface area (Å²) in [7, 11) is 0. The van der Waals surface area contributed by atoms with Crippen LogP contribution in [-0.4, -0.2) is 6.04 Å². The molecule has 4 unspecified atom stereocenters. The van der Waals surface area contributed by atoms with Gasteiger partial charge in [0.2, 0.25) is 0 Å². The molecule has 1 aromatic rings. The lowest BCUT2D eigenvalue weighted by atomic mass is 9.71. The maximum atomic E-state index is 5.40. The normalized spacial score (nSPS) is 34.9. The number of hydrogen-bond acceptors (Lipinski definition) is 2. The summed E-state index contributed by atoms with van der Waals surface area (Å²) < 4.78 is 5.40. The van der Waals surface area contributed by atoms with Crippen LogP contribution in [0.5, 0.6) is 0 Å². The maximum Gasteiger partial charge on any atom is 0.120 e. The Bertz CT molecular complexity index is 355. The summed E-state index contributed by atoms with van der Waals surface area (Å²) in [4.78, 5) is 0. The molecule has 1 heterocycles. The van der Waals surface area contributed by atoms with E-state index in [0.717, 1.165) is 17.6 Å². The fourth-order valence-electron chi connectivity index (χ4n) is 2.85. The minimum absolute atomic E-state index is 0.333. The third kappa shape index (κ3) is 1.53. The zero-order chi connectivity index (χ0) is 10.3. The zero-order valence-corrected chi connectivity index (χ0v) is 9.02. The molecular formula is C13H17NO. The van der Waals surface area contributed by atoms with Crippen LogP contribution >= 0.6 is 0 Å². The van der Waals surface area contributed by atoms with Gasteiger partial charge in [0.05, 0.1) is 12.3 Å². The fourth-order valence-corrected chi connectivity index (χ4v) is 2.85. The standard InChI is InChI=1S/C13H17NO/c1-9(13-6-3-7-15-13)14-12-8-10-4-2-5-11(10)12/h2-3,5-7,9-12,14H,4,8H2,1H3. The smallest absolute Gasteiger partial charge is 0.120 e. The van der Waals surface area contributed by atoms with E-state index in [1.165, 1.54) is 12.8 Å². The van der Waals surface area contributed by atoms with E-state index in [2.05, 4.69) is 24.4 Å². The topological polar surface area (TPSA) is 25.2 Å². The van der Waals surface area contributed by atoms with Gasteiger partial charge in [-0.3, -0.25) is 0 Å². The molecule has 0 saturated heterocycles. The Morgan fingerprint density at radius 3 is 3.20 bits per heavy atom. The van der Waals surface area contributed by atoms with E-state index in [4.69, 9.17) is 4.42 Å². The minimum Gasteiger partial charge on any atom is -0.468 e. The highest BCUT2D eigenvalue weighted by atomic mass is 16.3. The summed E-state index contributed by atoms with van der Waals surface area (Å²) in [6.45, 7) is 2.17. The van der Waals surface area contributed by atoms with E-state index < -0.39 is 0 Å². The molecule has 0 aliphatic heterocycles. The summed E-state index contributed by atoms with van der Waals surface area (Å²) in [5.74, 6) is 2.74. The second-order valence-corrected chi connectivity index (χ2v) is 4.75. The van der Waals surface area contributed by atoms with Gasteiger partial charge in [0, 0.05) is 6.04 Å². The molecule has 0 amide bonds. The summed E-state index contributed by atoms with van der Waals surface area (Å²) >= 11 is 0. The number of rotatable bonds is 3. The molecule has 1 saturated carbocycles. The maximum absolute atomic E-state index is 5.40. The van der Waals surface area contributed by atoms with Crippen LogP contribution in [0.15, 0.2) is 35.0 Å². The quantitative estimate of drug-likeness (QED) is 0.764. The van der Waals surface area contributed by atoms with Crippen molar-refractivity contribution in [1.29, 1.82) is 0 Å². The van der Waals surface area contributed by atoms with Gasteiger partial charge >= 0.3 is 0 Å². The van der Waals surface area contributed by atoms with Crippen LogP contribution in [0.1, 0.15) is 31.6 Å². The second kappa shape index (κ2) is 3.53. The van der Waals surface area contributed by atoms with Crippen LogP contribution < -0.4 is 5.32 Å². The van der Waals surface area contributed by atoms with Crippen LogP contribution in [0.25, 0.3) is 0 Å².